The molecule has 1 atom stereocenters. The molecule has 1 aliphatic rings. The number of nitro groups is 1. The Bertz CT molecular complexity index is 486. The highest BCUT2D eigenvalue weighted by atomic mass is 35.5. The molecule has 1 aromatic rings. The van der Waals surface area contributed by atoms with Crippen LogP contribution in [-0.2, 0) is 4.79 Å². The van der Waals surface area contributed by atoms with Gasteiger partial charge in [-0.1, -0.05) is 11.6 Å². The maximum absolute atomic E-state index is 11.8. The van der Waals surface area contributed by atoms with Crippen LogP contribution in [0.4, 0.5) is 11.4 Å². The van der Waals surface area contributed by atoms with E-state index in [0.717, 1.165) is 19.4 Å². The number of carbonyl (C=O) groups excluding carboxylic acids is 1. The van der Waals surface area contributed by atoms with Gasteiger partial charge in [0.1, 0.15) is 5.69 Å². The van der Waals surface area contributed by atoms with Crippen LogP contribution >= 0.6 is 11.6 Å². The average Bonchev–Trinajstić information content (AvgIpc) is 2.84. The van der Waals surface area contributed by atoms with Crippen LogP contribution in [0.1, 0.15) is 12.8 Å². The van der Waals surface area contributed by atoms with E-state index in [1.54, 1.807) is 0 Å². The Morgan fingerprint density at radius 2 is 2.33 bits per heavy atom. The highest BCUT2D eigenvalue weighted by Gasteiger charge is 2.24. The summed E-state index contributed by atoms with van der Waals surface area (Å²) in [5.74, 6) is -0.252. The molecule has 2 rings (SSSR count). The molecule has 1 fully saturated rings. The molecule has 0 aliphatic carbocycles. The normalized spacial score (nSPS) is 18.6. The molecule has 0 saturated carbocycles. The first-order valence-corrected chi connectivity index (χ1v) is 5.94. The van der Waals surface area contributed by atoms with E-state index in [0.29, 0.717) is 0 Å². The molecule has 1 aliphatic heterocycles. The number of halogens is 1. The summed E-state index contributed by atoms with van der Waals surface area (Å²) >= 11 is 5.70. The second-order valence-electron chi connectivity index (χ2n) is 4.06. The highest BCUT2D eigenvalue weighted by molar-refractivity contribution is 6.31. The van der Waals surface area contributed by atoms with Gasteiger partial charge in [-0.15, -0.1) is 0 Å². The Morgan fingerprint density at radius 3 is 2.94 bits per heavy atom. The van der Waals surface area contributed by atoms with Gasteiger partial charge >= 0.3 is 0 Å². The van der Waals surface area contributed by atoms with Crippen LogP contribution in [-0.4, -0.2) is 23.4 Å². The molecule has 7 heteroatoms. The van der Waals surface area contributed by atoms with Crippen molar-refractivity contribution in [2.45, 2.75) is 18.9 Å². The van der Waals surface area contributed by atoms with E-state index in [1.165, 1.54) is 18.2 Å². The van der Waals surface area contributed by atoms with Crippen LogP contribution in [0.15, 0.2) is 18.2 Å². The van der Waals surface area contributed by atoms with Crippen LogP contribution in [0, 0.1) is 10.1 Å². The fourth-order valence-electron chi connectivity index (χ4n) is 1.89. The number of anilines is 1. The Balaban J connectivity index is 2.17. The van der Waals surface area contributed by atoms with Crippen molar-refractivity contribution in [1.29, 1.82) is 0 Å². The van der Waals surface area contributed by atoms with Gasteiger partial charge in [-0.05, 0) is 31.5 Å². The molecule has 1 heterocycles. The molecule has 2 N–H and O–H groups in total. The summed E-state index contributed by atoms with van der Waals surface area (Å²) in [6.45, 7) is 0.792. The second kappa shape index (κ2) is 5.32. The first-order chi connectivity index (χ1) is 8.58. The van der Waals surface area contributed by atoms with Crippen molar-refractivity contribution < 1.29 is 9.72 Å². The minimum absolute atomic E-state index is 0.170. The van der Waals surface area contributed by atoms with Gasteiger partial charge in [-0.3, -0.25) is 14.9 Å². The summed E-state index contributed by atoms with van der Waals surface area (Å²) in [7, 11) is 0. The van der Waals surface area contributed by atoms with Gasteiger partial charge in [0.25, 0.3) is 5.69 Å². The van der Waals surface area contributed by atoms with Crippen molar-refractivity contribution in [2.24, 2.45) is 0 Å². The summed E-state index contributed by atoms with van der Waals surface area (Å²) in [5, 5.41) is 16.7. The van der Waals surface area contributed by atoms with E-state index in [2.05, 4.69) is 10.6 Å². The topological polar surface area (TPSA) is 84.3 Å². The van der Waals surface area contributed by atoms with E-state index in [4.69, 9.17) is 11.6 Å². The third-order valence-corrected chi connectivity index (χ3v) is 3.03. The lowest BCUT2D eigenvalue weighted by Crippen LogP contribution is -2.35. The first kappa shape index (κ1) is 12.8. The van der Waals surface area contributed by atoms with Gasteiger partial charge in [-0.2, -0.15) is 0 Å². The van der Waals surface area contributed by atoms with Crippen LogP contribution in [0.25, 0.3) is 0 Å². The summed E-state index contributed by atoms with van der Waals surface area (Å²) < 4.78 is 0. The number of benzene rings is 1. The largest absolute Gasteiger partial charge is 0.319 e. The van der Waals surface area contributed by atoms with Gasteiger partial charge in [0, 0.05) is 11.1 Å². The number of nitrogens with zero attached hydrogens (tertiary/aromatic N) is 1. The molecule has 0 radical (unpaired) electrons. The second-order valence-corrected chi connectivity index (χ2v) is 4.49. The summed E-state index contributed by atoms with van der Waals surface area (Å²) in [5.41, 5.74) is -0.0306. The molecule has 0 unspecified atom stereocenters. The monoisotopic (exact) mass is 269 g/mol. The van der Waals surface area contributed by atoms with Gasteiger partial charge in [0.05, 0.1) is 11.0 Å². The predicted octanol–water partition coefficient (Wildman–Crippen LogP) is 1.94. The smallest absolute Gasteiger partial charge is 0.294 e. The highest BCUT2D eigenvalue weighted by Crippen LogP contribution is 2.28. The number of nitrogens with one attached hydrogen (secondary N) is 2. The maximum Gasteiger partial charge on any atom is 0.294 e. The van der Waals surface area contributed by atoms with Crippen molar-refractivity contribution in [3.63, 3.8) is 0 Å². The third-order valence-electron chi connectivity index (χ3n) is 2.79. The van der Waals surface area contributed by atoms with Crippen LogP contribution in [0.3, 0.4) is 0 Å². The van der Waals surface area contributed by atoms with Crippen LogP contribution in [0.2, 0.25) is 5.02 Å². The van der Waals surface area contributed by atoms with Crippen molar-refractivity contribution in [3.05, 3.63) is 33.3 Å². The van der Waals surface area contributed by atoms with Gasteiger partial charge in [0.2, 0.25) is 5.91 Å². The summed E-state index contributed by atoms with van der Waals surface area (Å²) in [6, 6.07) is 3.89. The lowest BCUT2D eigenvalue weighted by atomic mass is 10.2. The molecule has 0 spiro atoms. The van der Waals surface area contributed by atoms with Crippen LogP contribution < -0.4 is 10.6 Å². The lowest BCUT2D eigenvalue weighted by molar-refractivity contribution is -0.383. The molecule has 1 saturated heterocycles. The Labute approximate surface area is 108 Å². The van der Waals surface area contributed by atoms with Gasteiger partial charge in [-0.25, -0.2) is 0 Å². The molecule has 6 nitrogen and oxygen atoms in total. The first-order valence-electron chi connectivity index (χ1n) is 5.56. The number of carbonyl (C=O) groups is 1. The molecular formula is C11H12ClN3O3. The fraction of sp³-hybridized carbons (Fsp3) is 0.364. The Morgan fingerprint density at radius 1 is 1.56 bits per heavy atom. The quantitative estimate of drug-likeness (QED) is 0.649. The zero-order chi connectivity index (χ0) is 13.1. The van der Waals surface area contributed by atoms with Crippen LogP contribution in [0.5, 0.6) is 0 Å². The number of amides is 1. The van der Waals surface area contributed by atoms with E-state index in [1.807, 2.05) is 0 Å². The minimum Gasteiger partial charge on any atom is -0.319 e. The zero-order valence-corrected chi connectivity index (χ0v) is 10.2. The van der Waals surface area contributed by atoms with Crippen molar-refractivity contribution in [3.8, 4) is 0 Å². The van der Waals surface area contributed by atoms with Crippen molar-refractivity contribution in [2.75, 3.05) is 11.9 Å². The Hall–Kier alpha value is -1.66. The standard InChI is InChI=1S/C11H12ClN3O3/c12-7-3-4-8(10(6-7)15(17)18)14-11(16)9-2-1-5-13-9/h3-4,6,9,13H,1-2,5H2,(H,14,16)/t9-/m1/s1. The molecule has 0 aromatic heterocycles. The van der Waals surface area contributed by atoms with Gasteiger partial charge < -0.3 is 10.6 Å². The molecular weight excluding hydrogens is 258 g/mol. The lowest BCUT2D eigenvalue weighted by Gasteiger charge is -2.11. The molecule has 1 amide bonds. The van der Waals surface area contributed by atoms with Crippen molar-refractivity contribution in [1.82, 2.24) is 5.32 Å². The number of hydrogen-bond donors (Lipinski definition) is 2. The van der Waals surface area contributed by atoms with E-state index in [9.17, 15) is 14.9 Å². The predicted molar refractivity (Wildman–Crippen MR) is 67.8 cm³/mol. The maximum atomic E-state index is 11.8. The SMILES string of the molecule is O=C(Nc1ccc(Cl)cc1[N+](=O)[O-])[C@H]1CCCN1. The number of hydrogen-bond acceptors (Lipinski definition) is 4. The van der Waals surface area contributed by atoms with E-state index in [-0.39, 0.29) is 28.3 Å². The number of nitro benzene ring substituents is 1. The molecule has 18 heavy (non-hydrogen) atoms. The van der Waals surface area contributed by atoms with E-state index < -0.39 is 4.92 Å². The fourth-order valence-corrected chi connectivity index (χ4v) is 2.06. The zero-order valence-electron chi connectivity index (χ0n) is 9.48. The Kier molecular flexibility index (Phi) is 3.78. The molecule has 1 aromatic carbocycles. The number of rotatable bonds is 3. The molecule has 0 bridgehead atoms. The van der Waals surface area contributed by atoms with Gasteiger partial charge in [0.15, 0.2) is 0 Å². The third kappa shape index (κ3) is 2.77. The molecule has 96 valence electrons. The summed E-state index contributed by atoms with van der Waals surface area (Å²) in [6.07, 6.45) is 1.67. The minimum atomic E-state index is -0.566. The van der Waals surface area contributed by atoms with E-state index >= 15 is 0 Å². The average molecular weight is 270 g/mol. The van der Waals surface area contributed by atoms with Crippen molar-refractivity contribution >= 4 is 28.9 Å². The summed E-state index contributed by atoms with van der Waals surface area (Å²) in [4.78, 5) is 22.1.